The molecule has 1 saturated heterocycles. The second kappa shape index (κ2) is 10.3. The summed E-state index contributed by atoms with van der Waals surface area (Å²) < 4.78 is 5.26. The Kier molecular flexibility index (Phi) is 7.72. The molecule has 0 spiro atoms. The van der Waals surface area contributed by atoms with Crippen LogP contribution in [0.25, 0.3) is 0 Å². The van der Waals surface area contributed by atoms with Crippen LogP contribution in [-0.2, 0) is 16.1 Å². The first kappa shape index (κ1) is 22.6. The SMILES string of the molecule is CC(C)N(C)[C@@H]1CC[C@H](N2CC[C@H](NC(=O)OCc3ccccc3)C2=O)[C@H](CO)C1. The molecule has 2 amide bonds. The van der Waals surface area contributed by atoms with E-state index in [0.29, 0.717) is 25.0 Å². The molecule has 1 aromatic rings. The molecule has 1 heterocycles. The van der Waals surface area contributed by atoms with Crippen LogP contribution < -0.4 is 5.32 Å². The fraction of sp³-hybridized carbons (Fsp3) is 0.652. The first-order valence-corrected chi connectivity index (χ1v) is 11.0. The zero-order chi connectivity index (χ0) is 21.7. The summed E-state index contributed by atoms with van der Waals surface area (Å²) in [6.07, 6.45) is 2.78. The van der Waals surface area contributed by atoms with Crippen LogP contribution in [0.2, 0.25) is 0 Å². The average Bonchev–Trinajstić information content (AvgIpc) is 3.11. The number of nitrogens with one attached hydrogen (secondary N) is 1. The van der Waals surface area contributed by atoms with Gasteiger partial charge in [-0.05, 0) is 52.1 Å². The molecule has 1 aliphatic carbocycles. The number of carbonyl (C=O) groups excluding carboxylic acids is 2. The number of amides is 2. The van der Waals surface area contributed by atoms with E-state index in [-0.39, 0.29) is 31.1 Å². The van der Waals surface area contributed by atoms with Crippen molar-refractivity contribution in [2.45, 2.75) is 70.3 Å². The van der Waals surface area contributed by atoms with E-state index in [9.17, 15) is 14.7 Å². The van der Waals surface area contributed by atoms with E-state index in [1.807, 2.05) is 35.2 Å². The van der Waals surface area contributed by atoms with Gasteiger partial charge in [-0.25, -0.2) is 4.79 Å². The Morgan fingerprint density at radius 2 is 2.00 bits per heavy atom. The summed E-state index contributed by atoms with van der Waals surface area (Å²) in [5, 5.41) is 12.7. The standard InChI is InChI=1S/C23H35N3O4/c1-16(2)25(3)19-9-10-21(18(13-19)14-27)26-12-11-20(22(26)28)24-23(29)30-15-17-7-5-4-6-8-17/h4-8,16,18-21,27H,9-15H2,1-3H3,(H,24,29)/t18-,19+,20-,21-/m0/s1. The van der Waals surface area contributed by atoms with Crippen LogP contribution in [0.1, 0.15) is 45.1 Å². The highest BCUT2D eigenvalue weighted by atomic mass is 16.5. The average molecular weight is 418 g/mol. The van der Waals surface area contributed by atoms with Gasteiger partial charge in [-0.1, -0.05) is 30.3 Å². The third-order valence-corrected chi connectivity index (χ3v) is 6.68. The highest BCUT2D eigenvalue weighted by Gasteiger charge is 2.42. The number of carbonyl (C=O) groups is 2. The van der Waals surface area contributed by atoms with Gasteiger partial charge in [-0.15, -0.1) is 0 Å². The minimum atomic E-state index is -0.569. The third-order valence-electron chi connectivity index (χ3n) is 6.68. The summed E-state index contributed by atoms with van der Waals surface area (Å²) in [6, 6.07) is 9.82. The van der Waals surface area contributed by atoms with Gasteiger partial charge in [0.2, 0.25) is 5.91 Å². The second-order valence-electron chi connectivity index (χ2n) is 8.82. The zero-order valence-electron chi connectivity index (χ0n) is 18.3. The van der Waals surface area contributed by atoms with Crippen molar-refractivity contribution in [2.24, 2.45) is 5.92 Å². The van der Waals surface area contributed by atoms with Gasteiger partial charge in [0.1, 0.15) is 12.6 Å². The minimum Gasteiger partial charge on any atom is -0.445 e. The molecular formula is C23H35N3O4. The number of rotatable bonds is 7. The first-order chi connectivity index (χ1) is 14.4. The normalized spacial score (nSPS) is 27.0. The summed E-state index contributed by atoms with van der Waals surface area (Å²) in [5.41, 5.74) is 0.904. The number of aliphatic hydroxyl groups excluding tert-OH is 1. The van der Waals surface area contributed by atoms with Crippen LogP contribution in [0.4, 0.5) is 4.79 Å². The van der Waals surface area contributed by atoms with E-state index >= 15 is 0 Å². The molecule has 0 radical (unpaired) electrons. The van der Waals surface area contributed by atoms with E-state index in [4.69, 9.17) is 4.74 Å². The maximum absolute atomic E-state index is 13.0. The fourth-order valence-corrected chi connectivity index (χ4v) is 4.69. The predicted octanol–water partition coefficient (Wildman–Crippen LogP) is 2.38. The fourth-order valence-electron chi connectivity index (χ4n) is 4.69. The molecule has 0 unspecified atom stereocenters. The first-order valence-electron chi connectivity index (χ1n) is 11.0. The van der Waals surface area contributed by atoms with Crippen molar-refractivity contribution in [1.29, 1.82) is 0 Å². The van der Waals surface area contributed by atoms with Crippen LogP contribution in [0.5, 0.6) is 0 Å². The Hall–Kier alpha value is -2.12. The van der Waals surface area contributed by atoms with Gasteiger partial charge >= 0.3 is 6.09 Å². The van der Waals surface area contributed by atoms with Crippen molar-refractivity contribution in [1.82, 2.24) is 15.1 Å². The molecule has 7 nitrogen and oxygen atoms in total. The maximum Gasteiger partial charge on any atom is 0.408 e. The summed E-state index contributed by atoms with van der Waals surface area (Å²) in [6.45, 7) is 5.22. The van der Waals surface area contributed by atoms with Gasteiger partial charge in [0, 0.05) is 37.2 Å². The van der Waals surface area contributed by atoms with Gasteiger partial charge < -0.3 is 25.0 Å². The molecule has 4 atom stereocenters. The lowest BCUT2D eigenvalue weighted by atomic mass is 9.80. The summed E-state index contributed by atoms with van der Waals surface area (Å²) >= 11 is 0. The van der Waals surface area contributed by atoms with Crippen molar-refractivity contribution in [2.75, 3.05) is 20.2 Å². The molecule has 1 saturated carbocycles. The summed E-state index contributed by atoms with van der Waals surface area (Å²) in [7, 11) is 2.13. The Morgan fingerprint density at radius 3 is 2.67 bits per heavy atom. The maximum atomic E-state index is 13.0. The van der Waals surface area contributed by atoms with E-state index in [0.717, 1.165) is 24.8 Å². The molecule has 0 bridgehead atoms. The van der Waals surface area contributed by atoms with Crippen LogP contribution in [0.3, 0.4) is 0 Å². The molecule has 2 aliphatic rings. The number of aliphatic hydroxyl groups is 1. The number of hydrogen-bond donors (Lipinski definition) is 2. The van der Waals surface area contributed by atoms with Crippen molar-refractivity contribution in [3.05, 3.63) is 35.9 Å². The smallest absolute Gasteiger partial charge is 0.408 e. The van der Waals surface area contributed by atoms with Crippen LogP contribution in [0, 0.1) is 5.92 Å². The molecule has 0 aromatic heterocycles. The van der Waals surface area contributed by atoms with Crippen molar-refractivity contribution in [3.8, 4) is 0 Å². The highest BCUT2D eigenvalue weighted by molar-refractivity contribution is 5.87. The predicted molar refractivity (Wildman–Crippen MR) is 115 cm³/mol. The number of alkyl carbamates (subject to hydrolysis) is 1. The highest BCUT2D eigenvalue weighted by Crippen LogP contribution is 2.33. The molecule has 1 aromatic carbocycles. The van der Waals surface area contributed by atoms with Gasteiger partial charge in [0.25, 0.3) is 0 Å². The molecule has 30 heavy (non-hydrogen) atoms. The third kappa shape index (κ3) is 5.32. The van der Waals surface area contributed by atoms with Gasteiger partial charge in [-0.2, -0.15) is 0 Å². The number of hydrogen-bond acceptors (Lipinski definition) is 5. The largest absolute Gasteiger partial charge is 0.445 e. The van der Waals surface area contributed by atoms with Crippen LogP contribution in [-0.4, -0.2) is 71.3 Å². The lowest BCUT2D eigenvalue weighted by molar-refractivity contribution is -0.133. The van der Waals surface area contributed by atoms with Crippen LogP contribution >= 0.6 is 0 Å². The van der Waals surface area contributed by atoms with E-state index in [1.54, 1.807) is 0 Å². The minimum absolute atomic E-state index is 0.0338. The topological polar surface area (TPSA) is 82.1 Å². The lowest BCUT2D eigenvalue weighted by Gasteiger charge is -2.44. The Bertz CT molecular complexity index is 712. The van der Waals surface area contributed by atoms with Crippen molar-refractivity contribution < 1.29 is 19.4 Å². The monoisotopic (exact) mass is 417 g/mol. The lowest BCUT2D eigenvalue weighted by Crippen LogP contribution is -2.52. The molecule has 1 aliphatic heterocycles. The van der Waals surface area contributed by atoms with E-state index in [1.165, 1.54) is 0 Å². The Morgan fingerprint density at radius 1 is 1.27 bits per heavy atom. The van der Waals surface area contributed by atoms with Crippen molar-refractivity contribution in [3.63, 3.8) is 0 Å². The Labute approximate surface area is 179 Å². The zero-order valence-corrected chi connectivity index (χ0v) is 18.3. The molecule has 2 fully saturated rings. The molecule has 7 heteroatoms. The number of benzene rings is 1. The molecular weight excluding hydrogens is 382 g/mol. The Balaban J connectivity index is 1.52. The van der Waals surface area contributed by atoms with Gasteiger partial charge in [0.05, 0.1) is 0 Å². The second-order valence-corrected chi connectivity index (χ2v) is 8.82. The number of ether oxygens (including phenoxy) is 1. The van der Waals surface area contributed by atoms with E-state index in [2.05, 4.69) is 31.1 Å². The quantitative estimate of drug-likeness (QED) is 0.712. The summed E-state index contributed by atoms with van der Waals surface area (Å²) in [4.78, 5) is 29.3. The number of likely N-dealkylation sites (tertiary alicyclic amines) is 1. The van der Waals surface area contributed by atoms with Crippen molar-refractivity contribution >= 4 is 12.0 Å². The number of nitrogens with zero attached hydrogens (tertiary/aromatic N) is 2. The summed E-state index contributed by atoms with van der Waals surface area (Å²) in [5.74, 6) is 0.00320. The van der Waals surface area contributed by atoms with Gasteiger partial charge in [0.15, 0.2) is 0 Å². The molecule has 166 valence electrons. The molecule has 3 rings (SSSR count). The van der Waals surface area contributed by atoms with Gasteiger partial charge in [-0.3, -0.25) is 4.79 Å². The van der Waals surface area contributed by atoms with Crippen LogP contribution in [0.15, 0.2) is 30.3 Å². The van der Waals surface area contributed by atoms with E-state index < -0.39 is 12.1 Å². The molecule has 2 N–H and O–H groups in total.